The van der Waals surface area contributed by atoms with Gasteiger partial charge in [0.25, 0.3) is 0 Å². The van der Waals surface area contributed by atoms with Crippen LogP contribution in [-0.2, 0) is 5.54 Å². The summed E-state index contributed by atoms with van der Waals surface area (Å²) in [5.41, 5.74) is 0.808. The number of nitrogens with one attached hydrogen (secondary N) is 1. The Labute approximate surface area is 127 Å². The molecule has 4 nitrogen and oxygen atoms in total. The third-order valence-electron chi connectivity index (χ3n) is 5.04. The van der Waals surface area contributed by atoms with Crippen molar-refractivity contribution in [2.45, 2.75) is 24.4 Å². The fourth-order valence-electron chi connectivity index (χ4n) is 3.40. The summed E-state index contributed by atoms with van der Waals surface area (Å²) >= 11 is 0. The first-order chi connectivity index (χ1) is 10.3. The SMILES string of the molecule is CNC(CO)(CN1CCN(C2CC2)CC1)c1ccccc1. The summed E-state index contributed by atoms with van der Waals surface area (Å²) in [6.45, 7) is 5.54. The fourth-order valence-corrected chi connectivity index (χ4v) is 3.40. The molecule has 1 saturated carbocycles. The van der Waals surface area contributed by atoms with Crippen LogP contribution in [0.3, 0.4) is 0 Å². The number of aliphatic hydroxyl groups is 1. The Bertz CT molecular complexity index is 435. The van der Waals surface area contributed by atoms with Gasteiger partial charge in [0.05, 0.1) is 12.1 Å². The highest BCUT2D eigenvalue weighted by Gasteiger charge is 2.35. The molecule has 4 heteroatoms. The molecule has 1 aliphatic heterocycles. The number of piperazine rings is 1. The zero-order valence-electron chi connectivity index (χ0n) is 13.0. The van der Waals surface area contributed by atoms with Gasteiger partial charge in [0.15, 0.2) is 0 Å². The van der Waals surface area contributed by atoms with Gasteiger partial charge < -0.3 is 10.4 Å². The third kappa shape index (κ3) is 3.29. The summed E-state index contributed by atoms with van der Waals surface area (Å²) < 4.78 is 0. The summed E-state index contributed by atoms with van der Waals surface area (Å²) in [6, 6.07) is 11.2. The zero-order chi connectivity index (χ0) is 14.7. The second kappa shape index (κ2) is 6.44. The second-order valence-corrected chi connectivity index (χ2v) is 6.40. The van der Waals surface area contributed by atoms with E-state index in [4.69, 9.17) is 0 Å². The van der Waals surface area contributed by atoms with Gasteiger partial charge in [0.1, 0.15) is 0 Å². The van der Waals surface area contributed by atoms with E-state index in [1.165, 1.54) is 31.5 Å². The van der Waals surface area contributed by atoms with Crippen LogP contribution in [0.4, 0.5) is 0 Å². The second-order valence-electron chi connectivity index (χ2n) is 6.40. The Morgan fingerprint density at radius 1 is 1.14 bits per heavy atom. The highest BCUT2D eigenvalue weighted by molar-refractivity contribution is 5.25. The largest absolute Gasteiger partial charge is 0.394 e. The molecule has 2 aliphatic rings. The topological polar surface area (TPSA) is 38.7 Å². The van der Waals surface area contributed by atoms with Crippen LogP contribution < -0.4 is 5.32 Å². The summed E-state index contributed by atoms with van der Waals surface area (Å²) in [7, 11) is 1.95. The average Bonchev–Trinajstić information content (AvgIpc) is 3.39. The molecular weight excluding hydrogens is 262 g/mol. The molecule has 1 unspecified atom stereocenters. The molecule has 2 fully saturated rings. The molecule has 1 aromatic carbocycles. The Balaban J connectivity index is 1.65. The van der Waals surface area contributed by atoms with E-state index in [-0.39, 0.29) is 12.1 Å². The Morgan fingerprint density at radius 3 is 2.33 bits per heavy atom. The van der Waals surface area contributed by atoms with Gasteiger partial charge in [-0.2, -0.15) is 0 Å². The summed E-state index contributed by atoms with van der Waals surface area (Å²) in [5.74, 6) is 0. The number of likely N-dealkylation sites (N-methyl/N-ethyl adjacent to an activating group) is 1. The van der Waals surface area contributed by atoms with E-state index in [0.29, 0.717) is 0 Å². The number of hydrogen-bond donors (Lipinski definition) is 2. The predicted molar refractivity (Wildman–Crippen MR) is 85.3 cm³/mol. The van der Waals surface area contributed by atoms with Gasteiger partial charge in [0, 0.05) is 38.8 Å². The quantitative estimate of drug-likeness (QED) is 0.815. The number of hydrogen-bond acceptors (Lipinski definition) is 4. The normalized spacial score (nSPS) is 23.9. The van der Waals surface area contributed by atoms with Crippen molar-refractivity contribution in [1.82, 2.24) is 15.1 Å². The molecule has 1 atom stereocenters. The lowest BCUT2D eigenvalue weighted by Crippen LogP contribution is -2.56. The molecule has 0 bridgehead atoms. The molecular formula is C17H27N3O. The van der Waals surface area contributed by atoms with E-state index in [1.807, 2.05) is 25.2 Å². The molecule has 1 aromatic rings. The predicted octanol–water partition coefficient (Wildman–Crippen LogP) is 0.874. The van der Waals surface area contributed by atoms with Crippen molar-refractivity contribution in [2.24, 2.45) is 0 Å². The summed E-state index contributed by atoms with van der Waals surface area (Å²) in [5, 5.41) is 13.4. The van der Waals surface area contributed by atoms with Gasteiger partial charge >= 0.3 is 0 Å². The summed E-state index contributed by atoms with van der Waals surface area (Å²) in [6.07, 6.45) is 2.78. The van der Waals surface area contributed by atoms with Gasteiger partial charge in [-0.15, -0.1) is 0 Å². The maximum atomic E-state index is 10.0. The Morgan fingerprint density at radius 2 is 1.81 bits per heavy atom. The maximum Gasteiger partial charge on any atom is 0.0795 e. The van der Waals surface area contributed by atoms with Crippen LogP contribution >= 0.6 is 0 Å². The van der Waals surface area contributed by atoms with E-state index in [2.05, 4.69) is 27.2 Å². The van der Waals surface area contributed by atoms with Crippen molar-refractivity contribution in [3.05, 3.63) is 35.9 Å². The van der Waals surface area contributed by atoms with E-state index in [9.17, 15) is 5.11 Å². The van der Waals surface area contributed by atoms with Crippen molar-refractivity contribution in [2.75, 3.05) is 46.4 Å². The molecule has 1 saturated heterocycles. The number of nitrogens with zero attached hydrogens (tertiary/aromatic N) is 2. The molecule has 116 valence electrons. The van der Waals surface area contributed by atoms with Crippen molar-refractivity contribution >= 4 is 0 Å². The van der Waals surface area contributed by atoms with Crippen LogP contribution in [0.25, 0.3) is 0 Å². The van der Waals surface area contributed by atoms with Crippen LogP contribution in [-0.4, -0.2) is 67.3 Å². The molecule has 0 amide bonds. The molecule has 2 N–H and O–H groups in total. The van der Waals surface area contributed by atoms with Crippen molar-refractivity contribution in [1.29, 1.82) is 0 Å². The first-order valence-corrected chi connectivity index (χ1v) is 8.09. The molecule has 0 aromatic heterocycles. The van der Waals surface area contributed by atoms with Crippen LogP contribution in [0.2, 0.25) is 0 Å². The van der Waals surface area contributed by atoms with Gasteiger partial charge in [-0.1, -0.05) is 30.3 Å². The van der Waals surface area contributed by atoms with Crippen LogP contribution in [0.5, 0.6) is 0 Å². The van der Waals surface area contributed by atoms with Crippen LogP contribution in [0, 0.1) is 0 Å². The fraction of sp³-hybridized carbons (Fsp3) is 0.647. The zero-order valence-corrected chi connectivity index (χ0v) is 13.0. The van der Waals surface area contributed by atoms with Gasteiger partial charge in [0.2, 0.25) is 0 Å². The minimum Gasteiger partial charge on any atom is -0.394 e. The van der Waals surface area contributed by atoms with Crippen molar-refractivity contribution in [3.8, 4) is 0 Å². The number of rotatable bonds is 6. The lowest BCUT2D eigenvalue weighted by molar-refractivity contribution is 0.0707. The van der Waals surface area contributed by atoms with E-state index >= 15 is 0 Å². The van der Waals surface area contributed by atoms with E-state index in [0.717, 1.165) is 25.7 Å². The highest BCUT2D eigenvalue weighted by atomic mass is 16.3. The van der Waals surface area contributed by atoms with Crippen LogP contribution in [0.1, 0.15) is 18.4 Å². The van der Waals surface area contributed by atoms with E-state index in [1.54, 1.807) is 0 Å². The molecule has 3 rings (SSSR count). The lowest BCUT2D eigenvalue weighted by Gasteiger charge is -2.41. The van der Waals surface area contributed by atoms with Crippen LogP contribution in [0.15, 0.2) is 30.3 Å². The van der Waals surface area contributed by atoms with Crippen molar-refractivity contribution in [3.63, 3.8) is 0 Å². The minimum absolute atomic E-state index is 0.121. The van der Waals surface area contributed by atoms with Gasteiger partial charge in [-0.05, 0) is 25.5 Å². The lowest BCUT2D eigenvalue weighted by atomic mass is 9.90. The minimum atomic E-state index is -0.358. The molecule has 1 heterocycles. The molecule has 1 aliphatic carbocycles. The highest BCUT2D eigenvalue weighted by Crippen LogP contribution is 2.28. The maximum absolute atomic E-state index is 10.0. The standard InChI is InChI=1S/C17H27N3O/c1-18-17(14-21,15-5-3-2-4-6-15)13-19-9-11-20(12-10-19)16-7-8-16/h2-6,16,18,21H,7-14H2,1H3. The third-order valence-corrected chi connectivity index (χ3v) is 5.04. The number of benzene rings is 1. The first-order valence-electron chi connectivity index (χ1n) is 8.09. The average molecular weight is 289 g/mol. The monoisotopic (exact) mass is 289 g/mol. The molecule has 0 radical (unpaired) electrons. The van der Waals surface area contributed by atoms with E-state index < -0.39 is 0 Å². The first kappa shape index (κ1) is 15.0. The molecule has 21 heavy (non-hydrogen) atoms. The Hall–Kier alpha value is -0.940. The van der Waals surface area contributed by atoms with Gasteiger partial charge in [-0.3, -0.25) is 9.80 Å². The van der Waals surface area contributed by atoms with Crippen molar-refractivity contribution < 1.29 is 5.11 Å². The molecule has 0 spiro atoms. The smallest absolute Gasteiger partial charge is 0.0795 e. The summed E-state index contributed by atoms with van der Waals surface area (Å²) in [4.78, 5) is 5.11. The Kier molecular flexibility index (Phi) is 4.60. The number of aliphatic hydroxyl groups excluding tert-OH is 1. The van der Waals surface area contributed by atoms with Gasteiger partial charge in [-0.25, -0.2) is 0 Å².